The molecule has 0 saturated heterocycles. The molecule has 1 N–H and O–H groups in total. The average molecular weight is 362 g/mol. The summed E-state index contributed by atoms with van der Waals surface area (Å²) in [5.74, 6) is -0.957. The van der Waals surface area contributed by atoms with Crippen LogP contribution >= 0.6 is 0 Å². The van der Waals surface area contributed by atoms with E-state index in [9.17, 15) is 22.8 Å². The highest BCUT2D eigenvalue weighted by molar-refractivity contribution is 6.08. The molecule has 0 bridgehead atoms. The Morgan fingerprint density at radius 1 is 1.12 bits per heavy atom. The van der Waals surface area contributed by atoms with Crippen LogP contribution in [0.15, 0.2) is 36.4 Å². The number of amides is 2. The number of ether oxygens (including phenoxy) is 1. The van der Waals surface area contributed by atoms with Gasteiger partial charge in [0.2, 0.25) is 5.91 Å². The van der Waals surface area contributed by atoms with Gasteiger partial charge in [0.25, 0.3) is 5.91 Å². The largest absolute Gasteiger partial charge is 0.416 e. The van der Waals surface area contributed by atoms with E-state index in [0.717, 1.165) is 11.0 Å². The van der Waals surface area contributed by atoms with Crippen molar-refractivity contribution >= 4 is 23.2 Å². The van der Waals surface area contributed by atoms with Crippen molar-refractivity contribution in [3.63, 3.8) is 0 Å². The van der Waals surface area contributed by atoms with Gasteiger partial charge in [0.05, 0.1) is 18.6 Å². The second-order valence-electron chi connectivity index (χ2n) is 6.11. The number of benzene rings is 2. The Balaban J connectivity index is 1.82. The number of nitrogens with one attached hydrogen (secondary N) is 1. The fraction of sp³-hybridized carbons (Fsp3) is 0.222. The normalized spacial score (nSPS) is 16.8. The van der Waals surface area contributed by atoms with Gasteiger partial charge >= 0.3 is 6.18 Å². The SMILES string of the molecule is O=C1Cc2c(cc(N3COCc4ccccc4C3=O)cc2C(F)(F)F)N1. The van der Waals surface area contributed by atoms with E-state index in [1.807, 2.05) is 0 Å². The van der Waals surface area contributed by atoms with Gasteiger partial charge in [0, 0.05) is 16.9 Å². The van der Waals surface area contributed by atoms with Gasteiger partial charge in [-0.05, 0) is 29.3 Å². The third-order valence-electron chi connectivity index (χ3n) is 4.43. The molecule has 134 valence electrons. The van der Waals surface area contributed by atoms with Gasteiger partial charge < -0.3 is 10.1 Å². The van der Waals surface area contributed by atoms with Crippen LogP contribution in [0.5, 0.6) is 0 Å². The number of carbonyl (C=O) groups excluding carboxylic acids is 2. The van der Waals surface area contributed by atoms with Crippen LogP contribution in [0.25, 0.3) is 0 Å². The van der Waals surface area contributed by atoms with Crippen LogP contribution < -0.4 is 10.2 Å². The molecule has 0 unspecified atom stereocenters. The topological polar surface area (TPSA) is 58.6 Å². The first-order valence-electron chi connectivity index (χ1n) is 7.86. The summed E-state index contributed by atoms with van der Waals surface area (Å²) in [6.07, 6.45) is -4.97. The molecule has 2 aromatic rings. The summed E-state index contributed by atoms with van der Waals surface area (Å²) in [7, 11) is 0. The number of fused-ring (bicyclic) bond motifs is 2. The van der Waals surface area contributed by atoms with Gasteiger partial charge in [0.1, 0.15) is 6.73 Å². The molecule has 4 rings (SSSR count). The Morgan fingerprint density at radius 2 is 1.88 bits per heavy atom. The summed E-state index contributed by atoms with van der Waals surface area (Å²) in [6, 6.07) is 9.07. The molecule has 0 saturated carbocycles. The number of hydrogen-bond acceptors (Lipinski definition) is 3. The van der Waals surface area contributed by atoms with Gasteiger partial charge in [-0.2, -0.15) is 13.2 Å². The maximum atomic E-state index is 13.5. The van der Waals surface area contributed by atoms with Crippen LogP contribution in [0.1, 0.15) is 27.0 Å². The lowest BCUT2D eigenvalue weighted by atomic mass is 10.0. The minimum absolute atomic E-state index is 0.0278. The van der Waals surface area contributed by atoms with Crippen LogP contribution in [-0.2, 0) is 28.7 Å². The Hall–Kier alpha value is -2.87. The molecule has 2 aliphatic rings. The predicted octanol–water partition coefficient (Wildman–Crippen LogP) is 3.33. The van der Waals surface area contributed by atoms with Crippen LogP contribution in [0, 0.1) is 0 Å². The van der Waals surface area contributed by atoms with Crippen molar-refractivity contribution in [3.8, 4) is 0 Å². The number of halogens is 3. The van der Waals surface area contributed by atoms with E-state index in [4.69, 9.17) is 4.74 Å². The summed E-state index contributed by atoms with van der Waals surface area (Å²) in [5.41, 5.74) is 0.127. The van der Waals surface area contributed by atoms with E-state index in [2.05, 4.69) is 5.32 Å². The molecule has 5 nitrogen and oxygen atoms in total. The maximum absolute atomic E-state index is 13.5. The average Bonchev–Trinajstić information content (AvgIpc) is 2.88. The monoisotopic (exact) mass is 362 g/mol. The molecular formula is C18H13F3N2O3. The van der Waals surface area contributed by atoms with Crippen molar-refractivity contribution in [2.24, 2.45) is 0 Å². The van der Waals surface area contributed by atoms with Crippen LogP contribution in [0.3, 0.4) is 0 Å². The molecule has 26 heavy (non-hydrogen) atoms. The third-order valence-corrected chi connectivity index (χ3v) is 4.43. The number of rotatable bonds is 1. The molecular weight excluding hydrogens is 349 g/mol. The standard InChI is InChI=1S/C18H13F3N2O3/c19-18(20,21)14-5-11(6-15-13(14)7-16(24)22-15)23-9-26-8-10-3-1-2-4-12(10)17(23)25/h1-6H,7-9H2,(H,22,24). The number of nitrogens with zero attached hydrogens (tertiary/aromatic N) is 1. The number of anilines is 2. The van der Waals surface area contributed by atoms with Crippen LogP contribution in [-0.4, -0.2) is 18.5 Å². The smallest absolute Gasteiger partial charge is 0.356 e. The molecule has 0 atom stereocenters. The van der Waals surface area contributed by atoms with Crippen molar-refractivity contribution in [2.45, 2.75) is 19.2 Å². The molecule has 0 radical (unpaired) electrons. The van der Waals surface area contributed by atoms with Crippen molar-refractivity contribution in [1.82, 2.24) is 0 Å². The molecule has 2 amide bonds. The Labute approximate surface area is 146 Å². The highest BCUT2D eigenvalue weighted by Crippen LogP contribution is 2.41. The number of carbonyl (C=O) groups is 2. The predicted molar refractivity (Wildman–Crippen MR) is 86.7 cm³/mol. The summed E-state index contributed by atoms with van der Waals surface area (Å²) >= 11 is 0. The van der Waals surface area contributed by atoms with Crippen LogP contribution in [0.2, 0.25) is 0 Å². The van der Waals surface area contributed by atoms with E-state index < -0.39 is 23.6 Å². The van der Waals surface area contributed by atoms with E-state index in [-0.39, 0.29) is 36.7 Å². The zero-order valence-electron chi connectivity index (χ0n) is 13.4. The van der Waals surface area contributed by atoms with Gasteiger partial charge in [-0.15, -0.1) is 0 Å². The fourth-order valence-corrected chi connectivity index (χ4v) is 3.22. The first-order chi connectivity index (χ1) is 12.3. The van der Waals surface area contributed by atoms with Gasteiger partial charge in [-0.1, -0.05) is 18.2 Å². The number of alkyl halides is 3. The lowest BCUT2D eigenvalue weighted by molar-refractivity contribution is -0.138. The second kappa shape index (κ2) is 5.84. The quantitative estimate of drug-likeness (QED) is 0.847. The first-order valence-corrected chi connectivity index (χ1v) is 7.86. The second-order valence-corrected chi connectivity index (χ2v) is 6.11. The van der Waals surface area contributed by atoms with Crippen LogP contribution in [0.4, 0.5) is 24.5 Å². The Kier molecular flexibility index (Phi) is 3.73. The highest BCUT2D eigenvalue weighted by atomic mass is 19.4. The third kappa shape index (κ3) is 2.72. The first kappa shape index (κ1) is 16.6. The molecule has 0 fully saturated rings. The fourth-order valence-electron chi connectivity index (χ4n) is 3.22. The summed E-state index contributed by atoms with van der Waals surface area (Å²) in [5, 5.41) is 2.42. The lowest BCUT2D eigenvalue weighted by Crippen LogP contribution is -2.31. The van der Waals surface area contributed by atoms with Gasteiger partial charge in [0.15, 0.2) is 0 Å². The minimum Gasteiger partial charge on any atom is -0.356 e. The van der Waals surface area contributed by atoms with Gasteiger partial charge in [-0.3, -0.25) is 14.5 Å². The minimum atomic E-state index is -4.64. The molecule has 0 aliphatic carbocycles. The molecule has 2 aliphatic heterocycles. The van der Waals surface area contributed by atoms with Crippen molar-refractivity contribution in [3.05, 3.63) is 58.7 Å². The molecule has 8 heteroatoms. The van der Waals surface area contributed by atoms with Crippen molar-refractivity contribution < 1.29 is 27.5 Å². The van der Waals surface area contributed by atoms with E-state index >= 15 is 0 Å². The summed E-state index contributed by atoms with van der Waals surface area (Å²) < 4.78 is 45.8. The molecule has 0 aromatic heterocycles. The zero-order chi connectivity index (χ0) is 18.5. The molecule has 0 spiro atoms. The Morgan fingerprint density at radius 3 is 2.65 bits per heavy atom. The molecule has 2 aromatic carbocycles. The zero-order valence-corrected chi connectivity index (χ0v) is 13.4. The summed E-state index contributed by atoms with van der Waals surface area (Å²) in [4.78, 5) is 25.6. The highest BCUT2D eigenvalue weighted by Gasteiger charge is 2.38. The van der Waals surface area contributed by atoms with Crippen molar-refractivity contribution in [2.75, 3.05) is 16.9 Å². The Bertz CT molecular complexity index is 924. The van der Waals surface area contributed by atoms with E-state index in [1.54, 1.807) is 24.3 Å². The van der Waals surface area contributed by atoms with Gasteiger partial charge in [-0.25, -0.2) is 0 Å². The lowest BCUT2D eigenvalue weighted by Gasteiger charge is -2.23. The van der Waals surface area contributed by atoms with E-state index in [1.165, 1.54) is 6.07 Å². The van der Waals surface area contributed by atoms with Crippen molar-refractivity contribution in [1.29, 1.82) is 0 Å². The molecule has 2 heterocycles. The van der Waals surface area contributed by atoms with E-state index in [0.29, 0.717) is 11.1 Å². The summed E-state index contributed by atoms with van der Waals surface area (Å²) in [6.45, 7) is 0.00373. The maximum Gasteiger partial charge on any atom is 0.416 e. The number of hydrogen-bond donors (Lipinski definition) is 1.